The van der Waals surface area contributed by atoms with Gasteiger partial charge in [0.2, 0.25) is 0 Å². The molecule has 1 saturated heterocycles. The number of amides is 2. The van der Waals surface area contributed by atoms with E-state index in [-0.39, 0.29) is 11.7 Å². The molecule has 27 heavy (non-hydrogen) atoms. The van der Waals surface area contributed by atoms with Crippen LogP contribution in [0.4, 0.5) is 4.79 Å². The average molecular weight is 370 g/mol. The number of piperazine rings is 1. The van der Waals surface area contributed by atoms with Crippen LogP contribution in [0.3, 0.4) is 0 Å². The summed E-state index contributed by atoms with van der Waals surface area (Å²) >= 11 is 0. The maximum Gasteiger partial charge on any atom is 0.410 e. The van der Waals surface area contributed by atoms with E-state index in [1.54, 1.807) is 11.1 Å². The molecule has 1 aliphatic heterocycles. The van der Waals surface area contributed by atoms with E-state index < -0.39 is 11.5 Å². The van der Waals surface area contributed by atoms with Crippen molar-refractivity contribution < 1.29 is 14.3 Å². The Hall–Kier alpha value is -3.01. The van der Waals surface area contributed by atoms with Gasteiger partial charge in [0.15, 0.2) is 0 Å². The fourth-order valence-corrected chi connectivity index (χ4v) is 2.55. The smallest absolute Gasteiger partial charge is 0.410 e. The van der Waals surface area contributed by atoms with Crippen molar-refractivity contribution in [2.45, 2.75) is 32.9 Å². The zero-order valence-electron chi connectivity index (χ0n) is 16.1. The van der Waals surface area contributed by atoms with Crippen LogP contribution in [-0.4, -0.2) is 53.6 Å². The summed E-state index contributed by atoms with van der Waals surface area (Å²) in [6.07, 6.45) is 1.22. The lowest BCUT2D eigenvalue weighted by atomic mass is 10.2. The van der Waals surface area contributed by atoms with Crippen LogP contribution in [0.25, 0.3) is 0 Å². The number of nitrogens with one attached hydrogen (secondary N) is 1. The normalized spacial score (nSPS) is 15.1. The Morgan fingerprint density at radius 1 is 1.19 bits per heavy atom. The monoisotopic (exact) mass is 370 g/mol. The van der Waals surface area contributed by atoms with Crippen LogP contribution < -0.4 is 5.32 Å². The SMILES string of the molecule is CC(C)(C)OC(=O)N1CCN(/C=C(/C#N)C(=O)NCc2ccccc2)CC1. The second-order valence-corrected chi connectivity index (χ2v) is 7.33. The molecule has 0 spiro atoms. The van der Waals surface area contributed by atoms with Gasteiger partial charge in [0.05, 0.1) is 0 Å². The maximum atomic E-state index is 12.2. The highest BCUT2D eigenvalue weighted by atomic mass is 16.6. The lowest BCUT2D eigenvalue weighted by Crippen LogP contribution is -2.48. The molecule has 1 fully saturated rings. The third kappa shape index (κ3) is 6.66. The molecule has 7 nitrogen and oxygen atoms in total. The second kappa shape index (κ2) is 9.08. The van der Waals surface area contributed by atoms with Crippen LogP contribution >= 0.6 is 0 Å². The number of carbonyl (C=O) groups excluding carboxylic acids is 2. The summed E-state index contributed by atoms with van der Waals surface area (Å²) in [6.45, 7) is 7.90. The van der Waals surface area contributed by atoms with E-state index in [0.717, 1.165) is 5.56 Å². The van der Waals surface area contributed by atoms with E-state index in [4.69, 9.17) is 4.74 Å². The van der Waals surface area contributed by atoms with Gasteiger partial charge >= 0.3 is 6.09 Å². The van der Waals surface area contributed by atoms with Crippen molar-refractivity contribution in [3.63, 3.8) is 0 Å². The van der Waals surface area contributed by atoms with Gasteiger partial charge in [0.1, 0.15) is 17.2 Å². The van der Waals surface area contributed by atoms with Crippen molar-refractivity contribution in [3.05, 3.63) is 47.7 Å². The first-order valence-electron chi connectivity index (χ1n) is 8.94. The summed E-state index contributed by atoms with van der Waals surface area (Å²) in [4.78, 5) is 27.8. The minimum atomic E-state index is -0.529. The Kier molecular flexibility index (Phi) is 6.83. The van der Waals surface area contributed by atoms with Crippen LogP contribution in [0.1, 0.15) is 26.3 Å². The number of hydrogen-bond acceptors (Lipinski definition) is 5. The largest absolute Gasteiger partial charge is 0.444 e. The molecule has 7 heteroatoms. The van der Waals surface area contributed by atoms with Gasteiger partial charge in [-0.1, -0.05) is 30.3 Å². The molecule has 1 N–H and O–H groups in total. The second-order valence-electron chi connectivity index (χ2n) is 7.33. The predicted octanol–water partition coefficient (Wildman–Crippen LogP) is 2.26. The molecule has 0 aliphatic carbocycles. The zero-order chi connectivity index (χ0) is 19.9. The first-order chi connectivity index (χ1) is 12.8. The summed E-state index contributed by atoms with van der Waals surface area (Å²) in [5.74, 6) is -0.407. The Labute approximate surface area is 160 Å². The van der Waals surface area contributed by atoms with Crippen molar-refractivity contribution in [3.8, 4) is 6.07 Å². The third-order valence-corrected chi connectivity index (χ3v) is 3.94. The number of ether oxygens (including phenoxy) is 1. The minimum Gasteiger partial charge on any atom is -0.444 e. The van der Waals surface area contributed by atoms with Gasteiger partial charge in [-0.2, -0.15) is 5.26 Å². The van der Waals surface area contributed by atoms with E-state index >= 15 is 0 Å². The van der Waals surface area contributed by atoms with E-state index in [9.17, 15) is 14.9 Å². The summed E-state index contributed by atoms with van der Waals surface area (Å²) in [5.41, 5.74) is 0.490. The molecule has 0 radical (unpaired) electrons. The highest BCUT2D eigenvalue weighted by Crippen LogP contribution is 2.12. The summed E-state index contributed by atoms with van der Waals surface area (Å²) in [6, 6.07) is 11.5. The Morgan fingerprint density at radius 2 is 1.81 bits per heavy atom. The lowest BCUT2D eigenvalue weighted by molar-refractivity contribution is -0.117. The first-order valence-corrected chi connectivity index (χ1v) is 8.94. The quantitative estimate of drug-likeness (QED) is 0.649. The predicted molar refractivity (Wildman–Crippen MR) is 101 cm³/mol. The van der Waals surface area contributed by atoms with Crippen molar-refractivity contribution in [1.29, 1.82) is 5.26 Å². The van der Waals surface area contributed by atoms with Gasteiger partial charge < -0.3 is 19.9 Å². The number of nitrogens with zero attached hydrogens (tertiary/aromatic N) is 3. The zero-order valence-corrected chi connectivity index (χ0v) is 16.1. The van der Waals surface area contributed by atoms with Crippen LogP contribution in [0, 0.1) is 11.3 Å². The third-order valence-electron chi connectivity index (χ3n) is 3.94. The van der Waals surface area contributed by atoms with Crippen molar-refractivity contribution in [1.82, 2.24) is 15.1 Å². The van der Waals surface area contributed by atoms with Crippen LogP contribution in [0.2, 0.25) is 0 Å². The average Bonchev–Trinajstić information content (AvgIpc) is 2.64. The van der Waals surface area contributed by atoms with E-state index in [0.29, 0.717) is 32.7 Å². The molecule has 1 aliphatic rings. The fourth-order valence-electron chi connectivity index (χ4n) is 2.55. The van der Waals surface area contributed by atoms with Crippen molar-refractivity contribution in [2.75, 3.05) is 26.2 Å². The minimum absolute atomic E-state index is 0.0525. The molecular weight excluding hydrogens is 344 g/mol. The number of hydrogen-bond donors (Lipinski definition) is 1. The Balaban J connectivity index is 1.86. The molecule has 144 valence electrons. The van der Waals surface area contributed by atoms with Gasteiger partial charge in [-0.3, -0.25) is 4.79 Å². The Bertz CT molecular complexity index is 724. The summed E-state index contributed by atoms with van der Waals surface area (Å²) in [5, 5.41) is 12.1. The van der Waals surface area contributed by atoms with Crippen LogP contribution in [0.5, 0.6) is 0 Å². The highest BCUT2D eigenvalue weighted by molar-refractivity contribution is 5.97. The standard InChI is InChI=1S/C20H26N4O3/c1-20(2,3)27-19(26)24-11-9-23(10-12-24)15-17(13-21)18(25)22-14-16-7-5-4-6-8-16/h4-8,15H,9-12,14H2,1-3H3,(H,22,25)/b17-15-. The molecule has 0 aromatic heterocycles. The number of benzene rings is 1. The van der Waals surface area contributed by atoms with Crippen molar-refractivity contribution >= 4 is 12.0 Å². The number of nitriles is 1. The van der Waals surface area contributed by atoms with Crippen LogP contribution in [-0.2, 0) is 16.1 Å². The molecule has 1 aromatic rings. The van der Waals surface area contributed by atoms with E-state index in [2.05, 4.69) is 5.32 Å². The molecule has 2 rings (SSSR count). The molecule has 0 unspecified atom stereocenters. The van der Waals surface area contributed by atoms with E-state index in [1.165, 1.54) is 0 Å². The van der Waals surface area contributed by atoms with Gasteiger partial charge in [-0.05, 0) is 26.3 Å². The van der Waals surface area contributed by atoms with E-state index in [1.807, 2.05) is 62.1 Å². The highest BCUT2D eigenvalue weighted by Gasteiger charge is 2.25. The first kappa shape index (κ1) is 20.3. The van der Waals surface area contributed by atoms with Gasteiger partial charge in [0, 0.05) is 38.9 Å². The lowest BCUT2D eigenvalue weighted by Gasteiger charge is -2.35. The van der Waals surface area contributed by atoms with Crippen molar-refractivity contribution in [2.24, 2.45) is 0 Å². The van der Waals surface area contributed by atoms with Crippen LogP contribution in [0.15, 0.2) is 42.1 Å². The number of rotatable bonds is 4. The van der Waals surface area contributed by atoms with Gasteiger partial charge in [-0.25, -0.2) is 4.79 Å². The molecule has 1 heterocycles. The number of carbonyl (C=O) groups is 2. The molecule has 1 aromatic carbocycles. The maximum absolute atomic E-state index is 12.2. The fraction of sp³-hybridized carbons (Fsp3) is 0.450. The molecule has 0 atom stereocenters. The molecular formula is C20H26N4O3. The van der Waals surface area contributed by atoms with Gasteiger partial charge in [-0.15, -0.1) is 0 Å². The topological polar surface area (TPSA) is 85.7 Å². The summed E-state index contributed by atoms with van der Waals surface area (Å²) < 4.78 is 5.36. The molecule has 0 bridgehead atoms. The molecule has 0 saturated carbocycles. The van der Waals surface area contributed by atoms with Gasteiger partial charge in [0.25, 0.3) is 5.91 Å². The summed E-state index contributed by atoms with van der Waals surface area (Å²) in [7, 11) is 0. The molecule has 2 amide bonds. The Morgan fingerprint density at radius 3 is 2.37 bits per heavy atom.